The Morgan fingerprint density at radius 3 is 2.85 bits per heavy atom. The van der Waals surface area contributed by atoms with Crippen molar-refractivity contribution in [2.45, 2.75) is 13.5 Å². The van der Waals surface area contributed by atoms with E-state index in [1.165, 1.54) is 17.1 Å². The molecule has 1 amide bonds. The summed E-state index contributed by atoms with van der Waals surface area (Å²) in [7, 11) is 0. The van der Waals surface area contributed by atoms with Crippen molar-refractivity contribution < 1.29 is 19.1 Å². The number of rotatable bonds is 6. The maximum Gasteiger partial charge on any atom is 0.341 e. The molecule has 5 heterocycles. The molecule has 11 nitrogen and oxygen atoms in total. The van der Waals surface area contributed by atoms with E-state index in [2.05, 4.69) is 19.7 Å². The first-order valence-corrected chi connectivity index (χ1v) is 10.8. The molecule has 5 rings (SSSR count). The Hall–Kier alpha value is -4.06. The van der Waals surface area contributed by atoms with Crippen LogP contribution in [0.2, 0.25) is 0 Å². The molecule has 12 heteroatoms. The van der Waals surface area contributed by atoms with Gasteiger partial charge in [-0.05, 0) is 30.7 Å². The second kappa shape index (κ2) is 8.13. The monoisotopic (exact) mass is 466 g/mol. The average molecular weight is 466 g/mol. The molecule has 0 bridgehead atoms. The highest BCUT2D eigenvalue weighted by molar-refractivity contribution is 7.08. The highest BCUT2D eigenvalue weighted by Crippen LogP contribution is 2.28. The predicted molar refractivity (Wildman–Crippen MR) is 119 cm³/mol. The third-order valence-electron chi connectivity index (χ3n) is 5.52. The number of carbonyl (C=O) groups is 2. The summed E-state index contributed by atoms with van der Waals surface area (Å²) >= 11 is 1.06. The van der Waals surface area contributed by atoms with Gasteiger partial charge < -0.3 is 19.7 Å². The quantitative estimate of drug-likeness (QED) is 0.433. The molecule has 33 heavy (non-hydrogen) atoms. The topological polar surface area (TPSA) is 143 Å². The van der Waals surface area contributed by atoms with Gasteiger partial charge in [0.15, 0.2) is 5.65 Å². The summed E-state index contributed by atoms with van der Waals surface area (Å²) in [6.45, 7) is 3.00. The molecule has 1 fully saturated rings. The van der Waals surface area contributed by atoms with E-state index in [-0.39, 0.29) is 22.8 Å². The van der Waals surface area contributed by atoms with Gasteiger partial charge >= 0.3 is 5.97 Å². The zero-order valence-electron chi connectivity index (χ0n) is 17.4. The highest BCUT2D eigenvalue weighted by atomic mass is 32.1. The van der Waals surface area contributed by atoms with E-state index in [1.807, 2.05) is 4.90 Å². The van der Waals surface area contributed by atoms with Crippen molar-refractivity contribution >= 4 is 40.3 Å². The first kappa shape index (κ1) is 20.8. The number of aromatic nitrogens is 4. The van der Waals surface area contributed by atoms with E-state index >= 15 is 0 Å². The van der Waals surface area contributed by atoms with Crippen LogP contribution < -0.4 is 15.6 Å². The Kier molecular flexibility index (Phi) is 5.13. The van der Waals surface area contributed by atoms with E-state index < -0.39 is 11.4 Å². The fourth-order valence-electron chi connectivity index (χ4n) is 3.77. The number of aryl methyl sites for hydroxylation is 1. The lowest BCUT2D eigenvalue weighted by atomic mass is 9.98. The van der Waals surface area contributed by atoms with E-state index in [4.69, 9.17) is 4.42 Å². The number of amides is 1. The second-order valence-electron chi connectivity index (χ2n) is 7.67. The first-order valence-electron chi connectivity index (χ1n) is 10.0. The van der Waals surface area contributed by atoms with Gasteiger partial charge in [-0.2, -0.15) is 4.37 Å². The molecule has 1 aliphatic heterocycles. The average Bonchev–Trinajstić information content (AvgIpc) is 3.45. The Bertz CT molecular complexity index is 1410. The molecule has 2 N–H and O–H groups in total. The lowest BCUT2D eigenvalue weighted by molar-refractivity contribution is -0.126. The number of fused-ring (bicyclic) bond motifs is 1. The molecule has 0 unspecified atom stereocenters. The summed E-state index contributed by atoms with van der Waals surface area (Å²) in [5.74, 6) is -0.318. The minimum atomic E-state index is -1.32. The number of nitrogens with zero attached hydrogens (tertiary/aromatic N) is 5. The van der Waals surface area contributed by atoms with Crippen molar-refractivity contribution in [2.24, 2.45) is 5.92 Å². The minimum Gasteiger partial charge on any atom is -0.477 e. The van der Waals surface area contributed by atoms with Crippen molar-refractivity contribution in [3.05, 3.63) is 64.1 Å². The number of anilines is 1. The summed E-state index contributed by atoms with van der Waals surface area (Å²) in [5.41, 5.74) is -0.0873. The van der Waals surface area contributed by atoms with Crippen LogP contribution in [0.15, 0.2) is 46.2 Å². The number of nitrogens with one attached hydrogen (secondary N) is 1. The maximum absolute atomic E-state index is 12.8. The second-order valence-corrected chi connectivity index (χ2v) is 8.42. The van der Waals surface area contributed by atoms with Crippen molar-refractivity contribution in [3.8, 4) is 5.13 Å². The van der Waals surface area contributed by atoms with Crippen molar-refractivity contribution in [1.82, 2.24) is 24.2 Å². The smallest absolute Gasteiger partial charge is 0.341 e. The van der Waals surface area contributed by atoms with Gasteiger partial charge in [-0.3, -0.25) is 14.2 Å². The van der Waals surface area contributed by atoms with Crippen LogP contribution in [0, 0.1) is 12.8 Å². The van der Waals surface area contributed by atoms with Gasteiger partial charge in [0.05, 0.1) is 24.1 Å². The number of carboxylic acid groups (broad SMARTS) is 1. The van der Waals surface area contributed by atoms with Crippen LogP contribution in [0.5, 0.6) is 0 Å². The molecule has 4 aromatic heterocycles. The van der Waals surface area contributed by atoms with E-state index in [0.717, 1.165) is 11.5 Å². The van der Waals surface area contributed by atoms with Gasteiger partial charge in [0.25, 0.3) is 0 Å². The number of carbonyl (C=O) groups excluding carboxylic acids is 1. The van der Waals surface area contributed by atoms with Gasteiger partial charge in [0.1, 0.15) is 23.5 Å². The van der Waals surface area contributed by atoms with Crippen LogP contribution in [0.25, 0.3) is 16.2 Å². The molecule has 1 saturated heterocycles. The fraction of sp³-hybridized carbons (Fsp3) is 0.238. The van der Waals surface area contributed by atoms with E-state index in [9.17, 15) is 19.5 Å². The SMILES string of the molecule is Cc1cc(N2CC(C(=O)NCc3ccco3)C2)nc2c1c(=O)c(C(=O)O)cn2-c1ncns1. The minimum absolute atomic E-state index is 0.0722. The molecular formula is C21H18N6O5S. The molecular weight excluding hydrogens is 448 g/mol. The Labute approximate surface area is 190 Å². The molecule has 0 radical (unpaired) electrons. The van der Waals surface area contributed by atoms with Crippen LogP contribution in [0.4, 0.5) is 5.82 Å². The first-order chi connectivity index (χ1) is 15.9. The predicted octanol–water partition coefficient (Wildman–Crippen LogP) is 1.59. The third-order valence-corrected chi connectivity index (χ3v) is 6.19. The van der Waals surface area contributed by atoms with Crippen LogP contribution in [0.1, 0.15) is 21.7 Å². The Balaban J connectivity index is 1.44. The van der Waals surface area contributed by atoms with E-state index in [0.29, 0.717) is 47.6 Å². The molecule has 4 aromatic rings. The summed E-state index contributed by atoms with van der Waals surface area (Å²) in [6, 6.07) is 5.29. The summed E-state index contributed by atoms with van der Waals surface area (Å²) in [6.07, 6.45) is 4.13. The summed E-state index contributed by atoms with van der Waals surface area (Å²) < 4.78 is 10.7. The highest BCUT2D eigenvalue weighted by Gasteiger charge is 2.34. The van der Waals surface area contributed by atoms with Crippen molar-refractivity contribution in [1.29, 1.82) is 0 Å². The molecule has 0 aromatic carbocycles. The molecule has 0 atom stereocenters. The number of hydrogen-bond acceptors (Lipinski definition) is 9. The zero-order valence-corrected chi connectivity index (χ0v) is 18.2. The fourth-order valence-corrected chi connectivity index (χ4v) is 4.28. The zero-order chi connectivity index (χ0) is 23.1. The van der Waals surface area contributed by atoms with E-state index in [1.54, 1.807) is 31.4 Å². The Morgan fingerprint density at radius 1 is 1.36 bits per heavy atom. The summed E-state index contributed by atoms with van der Waals surface area (Å²) in [4.78, 5) is 47.6. The molecule has 1 aliphatic rings. The Morgan fingerprint density at radius 2 is 2.18 bits per heavy atom. The molecule has 0 saturated carbocycles. The maximum atomic E-state index is 12.8. The molecule has 0 spiro atoms. The number of hydrogen-bond donors (Lipinski definition) is 2. The van der Waals surface area contributed by atoms with Gasteiger partial charge in [0.2, 0.25) is 16.5 Å². The number of pyridine rings is 2. The lowest BCUT2D eigenvalue weighted by Crippen LogP contribution is -2.54. The number of furan rings is 1. The van der Waals surface area contributed by atoms with Gasteiger partial charge in [-0.15, -0.1) is 0 Å². The standard InChI is InChI=1S/C21H18N6O5S/c1-11-5-15(26-7-12(8-26)19(29)22-6-13-3-2-4-32-13)25-18-16(11)17(28)14(20(30)31)9-27(18)21-23-10-24-33-21/h2-5,9-10,12H,6-8H2,1H3,(H,22,29)(H,30,31). The van der Waals surface area contributed by atoms with Crippen molar-refractivity contribution in [2.75, 3.05) is 18.0 Å². The molecule has 168 valence electrons. The van der Waals surface area contributed by atoms with Crippen LogP contribution >= 0.6 is 11.5 Å². The van der Waals surface area contributed by atoms with Crippen molar-refractivity contribution in [3.63, 3.8) is 0 Å². The largest absolute Gasteiger partial charge is 0.477 e. The van der Waals surface area contributed by atoms with Gasteiger partial charge in [-0.25, -0.2) is 14.8 Å². The third kappa shape index (κ3) is 3.74. The number of carboxylic acids is 1. The van der Waals surface area contributed by atoms with Gasteiger partial charge in [-0.1, -0.05) is 0 Å². The summed E-state index contributed by atoms with van der Waals surface area (Å²) in [5, 5.41) is 13.0. The van der Waals surface area contributed by atoms with Crippen LogP contribution in [0.3, 0.4) is 0 Å². The normalized spacial score (nSPS) is 13.8. The number of aromatic carboxylic acids is 1. The van der Waals surface area contributed by atoms with Gasteiger partial charge in [0, 0.05) is 30.8 Å². The molecule has 0 aliphatic carbocycles. The lowest BCUT2D eigenvalue weighted by Gasteiger charge is -2.39. The van der Waals surface area contributed by atoms with Crippen LogP contribution in [-0.2, 0) is 11.3 Å². The van der Waals surface area contributed by atoms with Crippen LogP contribution in [-0.4, -0.2) is 49.0 Å².